The molecule has 0 bridgehead atoms. The number of para-hydroxylation sites is 1. The molecule has 1 aliphatic rings. The minimum Gasteiger partial charge on any atom is -0.478 e. The molecule has 1 aliphatic heterocycles. The molecule has 10 heteroatoms. The van der Waals surface area contributed by atoms with Gasteiger partial charge in [-0.15, -0.1) is 0 Å². The molecule has 43 heavy (non-hydrogen) atoms. The van der Waals surface area contributed by atoms with Crippen LogP contribution in [-0.2, 0) is 4.79 Å². The van der Waals surface area contributed by atoms with Crippen LogP contribution >= 0.6 is 22.9 Å². The lowest BCUT2D eigenvalue weighted by molar-refractivity contribution is -0.113. The highest BCUT2D eigenvalue weighted by atomic mass is 35.5. The third-order valence-corrected chi connectivity index (χ3v) is 8.37. The molecular formula is C33H24ClN3O5S. The Balaban J connectivity index is 1.44. The van der Waals surface area contributed by atoms with Crippen molar-refractivity contribution in [2.45, 2.75) is 19.9 Å². The summed E-state index contributed by atoms with van der Waals surface area (Å²) < 4.78 is 7.93. The highest BCUT2D eigenvalue weighted by molar-refractivity contribution is 7.07. The van der Waals surface area contributed by atoms with Gasteiger partial charge in [-0.05, 0) is 73.5 Å². The maximum Gasteiger partial charge on any atom is 0.335 e. The number of amides is 1. The number of aromatic nitrogens is 1. The van der Waals surface area contributed by atoms with Gasteiger partial charge < -0.3 is 14.8 Å². The molecule has 3 aromatic carbocycles. The number of hydrogen-bond donors (Lipinski definition) is 2. The molecule has 1 amide bonds. The second-order valence-electron chi connectivity index (χ2n) is 9.99. The van der Waals surface area contributed by atoms with Crippen LogP contribution in [0.4, 0.5) is 5.69 Å². The van der Waals surface area contributed by atoms with Crippen LogP contribution in [0, 0.1) is 6.92 Å². The number of furan rings is 1. The summed E-state index contributed by atoms with van der Waals surface area (Å²) in [4.78, 5) is 44.2. The Morgan fingerprint density at radius 2 is 1.77 bits per heavy atom. The largest absolute Gasteiger partial charge is 0.478 e. The van der Waals surface area contributed by atoms with Crippen molar-refractivity contribution < 1.29 is 19.1 Å². The van der Waals surface area contributed by atoms with E-state index in [4.69, 9.17) is 16.0 Å². The van der Waals surface area contributed by atoms with Crippen LogP contribution in [0.25, 0.3) is 17.4 Å². The lowest BCUT2D eigenvalue weighted by Crippen LogP contribution is -2.40. The van der Waals surface area contributed by atoms with Crippen LogP contribution in [0.3, 0.4) is 0 Å². The normalized spacial score (nSPS) is 14.8. The van der Waals surface area contributed by atoms with E-state index in [9.17, 15) is 19.5 Å². The van der Waals surface area contributed by atoms with Gasteiger partial charge >= 0.3 is 5.97 Å². The summed E-state index contributed by atoms with van der Waals surface area (Å²) in [6, 6.07) is 23.7. The predicted octanol–water partition coefficient (Wildman–Crippen LogP) is 5.79. The number of aromatic carboxylic acids is 1. The molecule has 6 rings (SSSR count). The fourth-order valence-electron chi connectivity index (χ4n) is 5.02. The maximum absolute atomic E-state index is 13.9. The van der Waals surface area contributed by atoms with Gasteiger partial charge in [0.15, 0.2) is 4.80 Å². The molecule has 5 aromatic rings. The van der Waals surface area contributed by atoms with Gasteiger partial charge in [0.25, 0.3) is 11.5 Å². The number of rotatable bonds is 6. The number of nitrogens with zero attached hydrogens (tertiary/aromatic N) is 2. The van der Waals surface area contributed by atoms with Gasteiger partial charge in [0, 0.05) is 22.3 Å². The average molecular weight is 610 g/mol. The summed E-state index contributed by atoms with van der Waals surface area (Å²) in [6.45, 7) is 3.62. The zero-order valence-corrected chi connectivity index (χ0v) is 24.6. The topological polar surface area (TPSA) is 114 Å². The van der Waals surface area contributed by atoms with Crippen LogP contribution < -0.4 is 20.2 Å². The summed E-state index contributed by atoms with van der Waals surface area (Å²) >= 11 is 7.36. The van der Waals surface area contributed by atoms with E-state index in [1.165, 1.54) is 15.9 Å². The van der Waals surface area contributed by atoms with Crippen LogP contribution in [0.5, 0.6) is 0 Å². The van der Waals surface area contributed by atoms with Gasteiger partial charge in [0.2, 0.25) is 0 Å². The van der Waals surface area contributed by atoms with Gasteiger partial charge in [-0.2, -0.15) is 0 Å². The standard InChI is InChI=1S/C33H24ClN3O5S/c1-18-8-9-21(32(40)41)16-25(18)26-15-14-24(42-26)17-27-31(39)37-29(20-10-12-22(34)13-11-20)28(19(2)35-33(37)43-27)30(38)36-23-6-4-3-5-7-23/h3-17,29H,1-2H3,(H,36,38)(H,40,41)/b27-17-/t29-/m1/s1. The summed E-state index contributed by atoms with van der Waals surface area (Å²) in [5.41, 5.74) is 3.49. The number of anilines is 1. The zero-order valence-electron chi connectivity index (χ0n) is 23.0. The number of allylic oxidation sites excluding steroid dienone is 1. The first-order chi connectivity index (χ1) is 20.7. The number of hydrogen-bond acceptors (Lipinski definition) is 6. The Bertz CT molecular complexity index is 2110. The number of halogens is 1. The molecule has 0 aliphatic carbocycles. The lowest BCUT2D eigenvalue weighted by Gasteiger charge is -2.25. The first-order valence-corrected chi connectivity index (χ1v) is 14.5. The molecule has 2 aromatic heterocycles. The van der Waals surface area contributed by atoms with Crippen molar-refractivity contribution in [1.29, 1.82) is 0 Å². The van der Waals surface area contributed by atoms with Crippen molar-refractivity contribution in [3.8, 4) is 11.3 Å². The van der Waals surface area contributed by atoms with E-state index in [1.807, 2.05) is 25.1 Å². The van der Waals surface area contributed by atoms with Gasteiger partial charge in [-0.1, -0.05) is 59.3 Å². The summed E-state index contributed by atoms with van der Waals surface area (Å²) in [5.74, 6) is -0.497. The number of benzene rings is 3. The van der Waals surface area contributed by atoms with Crippen molar-refractivity contribution in [2.24, 2.45) is 4.99 Å². The Labute approximate surface area is 254 Å². The second-order valence-corrected chi connectivity index (χ2v) is 11.4. The Kier molecular flexibility index (Phi) is 7.43. The monoisotopic (exact) mass is 609 g/mol. The van der Waals surface area contributed by atoms with Crippen LogP contribution in [-0.4, -0.2) is 21.6 Å². The minimum absolute atomic E-state index is 0.150. The minimum atomic E-state index is -1.03. The molecule has 0 radical (unpaired) electrons. The SMILES string of the molecule is CC1=C(C(=O)Nc2ccccc2)[C@@H](c2ccc(Cl)cc2)n2c(s/c(=C\c3ccc(-c4cc(C(=O)O)ccc4C)o3)c2=O)=N1. The van der Waals surface area contributed by atoms with Gasteiger partial charge in [-0.25, -0.2) is 9.79 Å². The Morgan fingerprint density at radius 3 is 2.49 bits per heavy atom. The van der Waals surface area contributed by atoms with Gasteiger partial charge in [-0.3, -0.25) is 14.2 Å². The smallest absolute Gasteiger partial charge is 0.335 e. The number of thiazole rings is 1. The zero-order chi connectivity index (χ0) is 30.2. The van der Waals surface area contributed by atoms with Crippen LogP contribution in [0.2, 0.25) is 5.02 Å². The van der Waals surface area contributed by atoms with Crippen molar-refractivity contribution in [2.75, 3.05) is 5.32 Å². The fourth-order valence-corrected chi connectivity index (χ4v) is 6.17. The van der Waals surface area contributed by atoms with E-state index in [-0.39, 0.29) is 17.0 Å². The molecule has 0 spiro atoms. The third kappa shape index (κ3) is 5.48. The predicted molar refractivity (Wildman–Crippen MR) is 166 cm³/mol. The summed E-state index contributed by atoms with van der Waals surface area (Å²) in [6.07, 6.45) is 1.63. The number of fused-ring (bicyclic) bond motifs is 1. The van der Waals surface area contributed by atoms with E-state index in [1.54, 1.807) is 79.7 Å². The van der Waals surface area contributed by atoms with Crippen molar-refractivity contribution in [3.05, 3.63) is 143 Å². The van der Waals surface area contributed by atoms with Crippen LogP contribution in [0.15, 0.2) is 110 Å². The van der Waals surface area contributed by atoms with Crippen molar-refractivity contribution in [1.82, 2.24) is 4.57 Å². The first kappa shape index (κ1) is 28.1. The number of carbonyl (C=O) groups is 2. The maximum atomic E-state index is 13.9. The number of carbonyl (C=O) groups excluding carboxylic acids is 1. The first-order valence-electron chi connectivity index (χ1n) is 13.3. The number of carboxylic acids is 1. The molecular weight excluding hydrogens is 586 g/mol. The van der Waals surface area contributed by atoms with E-state index >= 15 is 0 Å². The molecule has 0 saturated heterocycles. The number of nitrogens with one attached hydrogen (secondary N) is 1. The fraction of sp³-hybridized carbons (Fsp3) is 0.0909. The van der Waals surface area contributed by atoms with E-state index in [0.29, 0.717) is 54.0 Å². The van der Waals surface area contributed by atoms with E-state index in [2.05, 4.69) is 10.3 Å². The highest BCUT2D eigenvalue weighted by Crippen LogP contribution is 2.32. The molecule has 2 N–H and O–H groups in total. The molecule has 0 unspecified atom stereocenters. The lowest BCUT2D eigenvalue weighted by atomic mass is 9.95. The third-order valence-electron chi connectivity index (χ3n) is 7.13. The highest BCUT2D eigenvalue weighted by Gasteiger charge is 2.32. The molecule has 214 valence electrons. The Hall–Kier alpha value is -4.99. The van der Waals surface area contributed by atoms with Crippen LogP contribution in [0.1, 0.15) is 40.2 Å². The summed E-state index contributed by atoms with van der Waals surface area (Å²) in [5, 5.41) is 12.9. The van der Waals surface area contributed by atoms with Gasteiger partial charge in [0.1, 0.15) is 11.5 Å². The second kappa shape index (κ2) is 11.4. The van der Waals surface area contributed by atoms with Gasteiger partial charge in [0.05, 0.1) is 27.4 Å². The Morgan fingerprint density at radius 1 is 1.02 bits per heavy atom. The van der Waals surface area contributed by atoms with E-state index < -0.39 is 12.0 Å². The number of carboxylic acid groups (broad SMARTS) is 1. The average Bonchev–Trinajstić information content (AvgIpc) is 3.57. The molecule has 0 fully saturated rings. The summed E-state index contributed by atoms with van der Waals surface area (Å²) in [7, 11) is 0. The quantitative estimate of drug-likeness (QED) is 0.253. The molecule has 8 nitrogen and oxygen atoms in total. The molecule has 3 heterocycles. The van der Waals surface area contributed by atoms with E-state index in [0.717, 1.165) is 5.56 Å². The molecule has 0 saturated carbocycles. The van der Waals surface area contributed by atoms with Crippen molar-refractivity contribution in [3.63, 3.8) is 0 Å². The van der Waals surface area contributed by atoms with Crippen molar-refractivity contribution >= 4 is 46.6 Å². The molecule has 1 atom stereocenters. The number of aryl methyl sites for hydroxylation is 1.